The summed E-state index contributed by atoms with van der Waals surface area (Å²) in [4.78, 5) is 6.82. The highest BCUT2D eigenvalue weighted by molar-refractivity contribution is 5.33. The van der Waals surface area contributed by atoms with Crippen molar-refractivity contribution in [1.82, 2.24) is 9.88 Å². The van der Waals surface area contributed by atoms with Crippen LogP contribution in [0.3, 0.4) is 0 Å². The molecule has 0 amide bonds. The van der Waals surface area contributed by atoms with Crippen molar-refractivity contribution in [3.63, 3.8) is 0 Å². The van der Waals surface area contributed by atoms with E-state index < -0.39 is 0 Å². The third-order valence-corrected chi connectivity index (χ3v) is 4.30. The van der Waals surface area contributed by atoms with Gasteiger partial charge in [-0.25, -0.2) is 4.98 Å². The van der Waals surface area contributed by atoms with Gasteiger partial charge in [-0.05, 0) is 36.5 Å². The SMILES string of the molecule is N#Cc1cccc(CN2Cc3nc(COCC4CC4)oc3C2)c1. The van der Waals surface area contributed by atoms with Crippen LogP contribution >= 0.6 is 0 Å². The molecule has 0 unspecified atom stereocenters. The van der Waals surface area contributed by atoms with Crippen molar-refractivity contribution in [2.24, 2.45) is 5.92 Å². The summed E-state index contributed by atoms with van der Waals surface area (Å²) in [7, 11) is 0. The Hall–Kier alpha value is -2.16. The molecule has 0 atom stereocenters. The summed E-state index contributed by atoms with van der Waals surface area (Å²) >= 11 is 0. The average Bonchev–Trinajstić information content (AvgIpc) is 3.19. The van der Waals surface area contributed by atoms with Crippen LogP contribution in [0.2, 0.25) is 0 Å². The first-order valence-corrected chi connectivity index (χ1v) is 8.07. The largest absolute Gasteiger partial charge is 0.441 e. The van der Waals surface area contributed by atoms with E-state index >= 15 is 0 Å². The molecule has 1 aromatic carbocycles. The van der Waals surface area contributed by atoms with Gasteiger partial charge in [0.05, 0.1) is 30.5 Å². The standard InChI is InChI=1S/C18H19N3O2/c19-7-14-2-1-3-15(6-14)8-21-9-16-17(10-21)23-18(20-16)12-22-11-13-4-5-13/h1-3,6,13H,4-5,8-12H2. The van der Waals surface area contributed by atoms with Crippen LogP contribution in [-0.2, 0) is 31.0 Å². The lowest BCUT2D eigenvalue weighted by atomic mass is 10.1. The van der Waals surface area contributed by atoms with E-state index in [0.29, 0.717) is 18.1 Å². The number of rotatable bonds is 6. The Morgan fingerprint density at radius 2 is 2.26 bits per heavy atom. The molecule has 5 heteroatoms. The second kappa shape index (κ2) is 6.15. The molecule has 1 aromatic heterocycles. The van der Waals surface area contributed by atoms with E-state index in [2.05, 4.69) is 16.0 Å². The molecule has 2 heterocycles. The third-order valence-electron chi connectivity index (χ3n) is 4.30. The number of fused-ring (bicyclic) bond motifs is 1. The molecule has 0 N–H and O–H groups in total. The monoisotopic (exact) mass is 309 g/mol. The molecule has 0 saturated heterocycles. The highest BCUT2D eigenvalue weighted by Gasteiger charge is 2.26. The van der Waals surface area contributed by atoms with Gasteiger partial charge < -0.3 is 9.15 Å². The van der Waals surface area contributed by atoms with Crippen molar-refractivity contribution in [2.45, 2.75) is 39.1 Å². The van der Waals surface area contributed by atoms with Crippen LogP contribution in [0.4, 0.5) is 0 Å². The smallest absolute Gasteiger partial charge is 0.220 e. The van der Waals surface area contributed by atoms with Crippen molar-refractivity contribution < 1.29 is 9.15 Å². The minimum absolute atomic E-state index is 0.480. The first kappa shape index (κ1) is 14.4. The van der Waals surface area contributed by atoms with Crippen LogP contribution in [0.1, 0.15) is 41.3 Å². The minimum Gasteiger partial charge on any atom is -0.441 e. The maximum absolute atomic E-state index is 8.97. The van der Waals surface area contributed by atoms with Crippen molar-refractivity contribution in [3.05, 3.63) is 52.7 Å². The molecule has 2 aromatic rings. The van der Waals surface area contributed by atoms with Crippen LogP contribution in [0, 0.1) is 17.2 Å². The first-order chi connectivity index (χ1) is 11.3. The minimum atomic E-state index is 0.480. The number of oxazole rings is 1. The van der Waals surface area contributed by atoms with Gasteiger partial charge >= 0.3 is 0 Å². The zero-order chi connectivity index (χ0) is 15.6. The first-order valence-electron chi connectivity index (χ1n) is 8.07. The van der Waals surface area contributed by atoms with Gasteiger partial charge in [0.25, 0.3) is 0 Å². The van der Waals surface area contributed by atoms with E-state index in [1.54, 1.807) is 0 Å². The normalized spacial score (nSPS) is 17.2. The number of ether oxygens (including phenoxy) is 1. The highest BCUT2D eigenvalue weighted by Crippen LogP contribution is 2.29. The lowest BCUT2D eigenvalue weighted by molar-refractivity contribution is 0.0917. The van der Waals surface area contributed by atoms with E-state index in [1.807, 2.05) is 24.3 Å². The molecule has 23 heavy (non-hydrogen) atoms. The zero-order valence-electron chi connectivity index (χ0n) is 13.0. The number of nitriles is 1. The maximum Gasteiger partial charge on any atom is 0.220 e. The van der Waals surface area contributed by atoms with Gasteiger partial charge in [-0.2, -0.15) is 5.26 Å². The highest BCUT2D eigenvalue weighted by atomic mass is 16.5. The van der Waals surface area contributed by atoms with Gasteiger partial charge in [0.15, 0.2) is 0 Å². The number of aromatic nitrogens is 1. The lowest BCUT2D eigenvalue weighted by Gasteiger charge is -2.14. The van der Waals surface area contributed by atoms with Gasteiger partial charge in [-0.1, -0.05) is 12.1 Å². The van der Waals surface area contributed by atoms with Crippen LogP contribution in [0.25, 0.3) is 0 Å². The molecule has 1 saturated carbocycles. The van der Waals surface area contributed by atoms with Crippen LogP contribution in [0.15, 0.2) is 28.7 Å². The van der Waals surface area contributed by atoms with E-state index in [0.717, 1.165) is 49.2 Å². The predicted molar refractivity (Wildman–Crippen MR) is 83.0 cm³/mol. The molecule has 2 aliphatic rings. The number of hydrogen-bond donors (Lipinski definition) is 0. The molecule has 0 radical (unpaired) electrons. The summed E-state index contributed by atoms with van der Waals surface area (Å²) in [6.45, 7) is 3.66. The predicted octanol–water partition coefficient (Wildman–Crippen LogP) is 2.99. The van der Waals surface area contributed by atoms with Crippen molar-refractivity contribution in [2.75, 3.05) is 6.61 Å². The Kier molecular flexibility index (Phi) is 3.86. The molecule has 0 bridgehead atoms. The van der Waals surface area contributed by atoms with Gasteiger partial charge in [-0.15, -0.1) is 0 Å². The molecule has 1 aliphatic heterocycles. The van der Waals surface area contributed by atoms with Crippen LogP contribution < -0.4 is 0 Å². The Labute approximate surface area is 135 Å². The topological polar surface area (TPSA) is 62.3 Å². The van der Waals surface area contributed by atoms with Crippen LogP contribution in [-0.4, -0.2) is 16.5 Å². The third kappa shape index (κ3) is 3.44. The summed E-state index contributed by atoms with van der Waals surface area (Å²) in [5, 5.41) is 8.97. The fourth-order valence-electron chi connectivity index (χ4n) is 2.92. The molecule has 1 fully saturated rings. The van der Waals surface area contributed by atoms with Crippen LogP contribution in [0.5, 0.6) is 0 Å². The average molecular weight is 309 g/mol. The molecular weight excluding hydrogens is 290 g/mol. The molecular formula is C18H19N3O2. The van der Waals surface area contributed by atoms with Gasteiger partial charge in [0, 0.05) is 13.1 Å². The number of nitrogens with zero attached hydrogens (tertiary/aromatic N) is 3. The summed E-state index contributed by atoms with van der Waals surface area (Å²) in [6, 6.07) is 9.91. The van der Waals surface area contributed by atoms with E-state index in [1.165, 1.54) is 12.8 Å². The molecule has 1 aliphatic carbocycles. The zero-order valence-corrected chi connectivity index (χ0v) is 13.0. The Balaban J connectivity index is 1.32. The van der Waals surface area contributed by atoms with Gasteiger partial charge in [0.1, 0.15) is 12.4 Å². The van der Waals surface area contributed by atoms with Crippen molar-refractivity contribution in [3.8, 4) is 6.07 Å². The quantitative estimate of drug-likeness (QED) is 0.821. The van der Waals surface area contributed by atoms with E-state index in [-0.39, 0.29) is 0 Å². The van der Waals surface area contributed by atoms with E-state index in [4.69, 9.17) is 14.4 Å². The fraction of sp³-hybridized carbons (Fsp3) is 0.444. The lowest BCUT2D eigenvalue weighted by Crippen LogP contribution is -2.16. The Morgan fingerprint density at radius 3 is 3.04 bits per heavy atom. The summed E-state index contributed by atoms with van der Waals surface area (Å²) in [5.41, 5.74) is 2.86. The molecule has 4 rings (SSSR count). The van der Waals surface area contributed by atoms with E-state index in [9.17, 15) is 0 Å². The molecule has 0 spiro atoms. The molecule has 5 nitrogen and oxygen atoms in total. The second-order valence-corrected chi connectivity index (χ2v) is 6.39. The number of hydrogen-bond acceptors (Lipinski definition) is 5. The van der Waals surface area contributed by atoms with Gasteiger partial charge in [0.2, 0.25) is 5.89 Å². The fourth-order valence-corrected chi connectivity index (χ4v) is 2.92. The maximum atomic E-state index is 8.97. The summed E-state index contributed by atoms with van der Waals surface area (Å²) in [6.07, 6.45) is 2.59. The summed E-state index contributed by atoms with van der Waals surface area (Å²) < 4.78 is 11.4. The van der Waals surface area contributed by atoms with Gasteiger partial charge in [-0.3, -0.25) is 4.90 Å². The second-order valence-electron chi connectivity index (χ2n) is 6.39. The summed E-state index contributed by atoms with van der Waals surface area (Å²) in [5.74, 6) is 2.41. The molecule has 118 valence electrons. The number of benzene rings is 1. The van der Waals surface area contributed by atoms with Crippen molar-refractivity contribution >= 4 is 0 Å². The Morgan fingerprint density at radius 1 is 1.35 bits per heavy atom. The van der Waals surface area contributed by atoms with Crippen molar-refractivity contribution in [1.29, 1.82) is 5.26 Å². The Bertz CT molecular complexity index is 719.